The van der Waals surface area contributed by atoms with Gasteiger partial charge in [-0.15, -0.1) is 0 Å². The van der Waals surface area contributed by atoms with Gasteiger partial charge in [0, 0.05) is 11.2 Å². The molecule has 0 amide bonds. The van der Waals surface area contributed by atoms with Crippen molar-refractivity contribution in [1.82, 2.24) is 0 Å². The normalized spacial score (nSPS) is 19.4. The lowest BCUT2D eigenvalue weighted by Gasteiger charge is -2.21. The monoisotopic (exact) mass is 347 g/mol. The smallest absolute Gasteiger partial charge is 0.165 e. The van der Waals surface area contributed by atoms with Gasteiger partial charge in [0.25, 0.3) is 0 Å². The van der Waals surface area contributed by atoms with Crippen LogP contribution in [-0.2, 0) is 4.74 Å². The van der Waals surface area contributed by atoms with Crippen molar-refractivity contribution in [2.45, 2.75) is 12.8 Å². The van der Waals surface area contributed by atoms with Crippen LogP contribution >= 0.6 is 39.1 Å². The Hall–Kier alpha value is -0.380. The van der Waals surface area contributed by atoms with Gasteiger partial charge >= 0.3 is 0 Å². The van der Waals surface area contributed by atoms with Gasteiger partial charge in [0.05, 0.1) is 21.4 Å². The van der Waals surface area contributed by atoms with E-state index in [9.17, 15) is 0 Å². The predicted octanol–water partition coefficient (Wildman–Crippen LogP) is 4.80. The topological polar surface area (TPSA) is 12.5 Å². The van der Waals surface area contributed by atoms with Crippen LogP contribution in [0.25, 0.3) is 0 Å². The molecule has 0 atom stereocenters. The van der Waals surface area contributed by atoms with Crippen LogP contribution in [0.1, 0.15) is 12.8 Å². The Morgan fingerprint density at radius 1 is 1.28 bits per heavy atom. The molecule has 0 saturated heterocycles. The van der Waals surface area contributed by atoms with Crippen LogP contribution in [-0.4, -0.2) is 12.1 Å². The first-order valence-electron chi connectivity index (χ1n) is 5.85. The fourth-order valence-corrected chi connectivity index (χ4v) is 3.39. The predicted molar refractivity (Wildman–Crippen MR) is 78.4 cm³/mol. The molecule has 2 nitrogen and oxygen atoms in total. The van der Waals surface area contributed by atoms with Crippen LogP contribution in [0.2, 0.25) is 10.0 Å². The third kappa shape index (κ3) is 2.13. The maximum absolute atomic E-state index is 6.26. The molecule has 1 aromatic carbocycles. The van der Waals surface area contributed by atoms with Gasteiger partial charge in [-0.05, 0) is 25.0 Å². The molecule has 0 radical (unpaired) electrons. The van der Waals surface area contributed by atoms with Crippen LogP contribution in [0.15, 0.2) is 29.7 Å². The van der Waals surface area contributed by atoms with E-state index in [1.54, 1.807) is 0 Å². The molecule has 1 heterocycles. The molecular weight excluding hydrogens is 337 g/mol. The van der Waals surface area contributed by atoms with Gasteiger partial charge in [-0.2, -0.15) is 0 Å². The summed E-state index contributed by atoms with van der Waals surface area (Å²) in [4.78, 5) is 2.06. The summed E-state index contributed by atoms with van der Waals surface area (Å²) in [6.45, 7) is 0.496. The summed E-state index contributed by atoms with van der Waals surface area (Å²) in [7, 11) is 0. The summed E-state index contributed by atoms with van der Waals surface area (Å²) in [5.41, 5.74) is 1.98. The van der Waals surface area contributed by atoms with Crippen LogP contribution < -0.4 is 4.90 Å². The lowest BCUT2D eigenvalue weighted by molar-refractivity contribution is 0.229. The fourth-order valence-electron chi connectivity index (χ4n) is 2.21. The Balaban J connectivity index is 2.02. The van der Waals surface area contributed by atoms with E-state index in [-0.39, 0.29) is 0 Å². The highest BCUT2D eigenvalue weighted by Gasteiger charge is 2.36. The molecule has 0 unspecified atom stereocenters. The van der Waals surface area contributed by atoms with E-state index in [0.29, 0.717) is 22.7 Å². The molecule has 2 aliphatic rings. The Kier molecular flexibility index (Phi) is 3.48. The van der Waals surface area contributed by atoms with Crippen molar-refractivity contribution in [3.63, 3.8) is 0 Å². The molecule has 1 fully saturated rings. The highest BCUT2D eigenvalue weighted by atomic mass is 79.9. The van der Waals surface area contributed by atoms with E-state index in [2.05, 4.69) is 20.8 Å². The SMILES string of the molecule is Clc1cccc(Cl)c1N1COC(C2CC2)=C1CBr. The largest absolute Gasteiger partial charge is 0.475 e. The number of rotatable bonds is 3. The number of allylic oxidation sites excluding steroid dienone is 2. The van der Waals surface area contributed by atoms with Crippen LogP contribution in [0.5, 0.6) is 0 Å². The summed E-state index contributed by atoms with van der Waals surface area (Å²) < 4.78 is 5.82. The minimum atomic E-state index is 0.496. The molecule has 3 rings (SSSR count). The van der Waals surface area contributed by atoms with Crippen molar-refractivity contribution in [3.05, 3.63) is 39.7 Å². The van der Waals surface area contributed by atoms with Gasteiger partial charge in [0.1, 0.15) is 5.76 Å². The van der Waals surface area contributed by atoms with E-state index in [1.165, 1.54) is 12.8 Å². The third-order valence-corrected chi connectivity index (χ3v) is 4.38. The lowest BCUT2D eigenvalue weighted by atomic mass is 10.2. The summed E-state index contributed by atoms with van der Waals surface area (Å²) in [5, 5.41) is 2.06. The number of ether oxygens (including phenoxy) is 1. The molecular formula is C13H12BrCl2NO. The molecule has 96 valence electrons. The summed E-state index contributed by atoms with van der Waals surface area (Å²) in [5.74, 6) is 1.69. The Morgan fingerprint density at radius 2 is 1.94 bits per heavy atom. The van der Waals surface area contributed by atoms with Crippen molar-refractivity contribution < 1.29 is 4.74 Å². The average Bonchev–Trinajstić information content (AvgIpc) is 3.10. The first-order valence-corrected chi connectivity index (χ1v) is 7.73. The molecule has 0 bridgehead atoms. The fraction of sp³-hybridized carbons (Fsp3) is 0.385. The first-order chi connectivity index (χ1) is 8.72. The molecule has 0 N–H and O–H groups in total. The number of hydrogen-bond acceptors (Lipinski definition) is 2. The maximum atomic E-state index is 6.26. The third-order valence-electron chi connectivity index (χ3n) is 3.24. The number of benzene rings is 1. The Labute approximate surface area is 125 Å². The van der Waals surface area contributed by atoms with Crippen molar-refractivity contribution >= 4 is 44.8 Å². The van der Waals surface area contributed by atoms with Gasteiger partial charge in [0.2, 0.25) is 0 Å². The number of para-hydroxylation sites is 1. The number of nitrogens with zero attached hydrogens (tertiary/aromatic N) is 1. The highest BCUT2D eigenvalue weighted by Crippen LogP contribution is 2.45. The van der Waals surface area contributed by atoms with Gasteiger partial charge in [-0.1, -0.05) is 45.2 Å². The van der Waals surface area contributed by atoms with Crippen LogP contribution in [0, 0.1) is 5.92 Å². The van der Waals surface area contributed by atoms with Crippen molar-refractivity contribution in [2.24, 2.45) is 5.92 Å². The average molecular weight is 349 g/mol. The molecule has 5 heteroatoms. The molecule has 1 aromatic rings. The Morgan fingerprint density at radius 3 is 2.50 bits per heavy atom. The second kappa shape index (κ2) is 4.95. The van der Waals surface area contributed by atoms with E-state index < -0.39 is 0 Å². The van der Waals surface area contributed by atoms with E-state index in [1.807, 2.05) is 18.2 Å². The maximum Gasteiger partial charge on any atom is 0.165 e. The minimum Gasteiger partial charge on any atom is -0.475 e. The quantitative estimate of drug-likeness (QED) is 0.727. The van der Waals surface area contributed by atoms with Gasteiger partial charge < -0.3 is 9.64 Å². The summed E-state index contributed by atoms with van der Waals surface area (Å²) in [6, 6.07) is 5.55. The molecule has 0 spiro atoms. The van der Waals surface area contributed by atoms with Gasteiger partial charge in [0.15, 0.2) is 6.73 Å². The summed E-state index contributed by atoms with van der Waals surface area (Å²) in [6.07, 6.45) is 2.44. The molecule has 1 aliphatic heterocycles. The van der Waals surface area contributed by atoms with Crippen LogP contribution in [0.4, 0.5) is 5.69 Å². The van der Waals surface area contributed by atoms with E-state index in [4.69, 9.17) is 27.9 Å². The Bertz CT molecular complexity index is 493. The van der Waals surface area contributed by atoms with E-state index in [0.717, 1.165) is 22.5 Å². The summed E-state index contributed by atoms with van der Waals surface area (Å²) >= 11 is 16.0. The van der Waals surface area contributed by atoms with Gasteiger partial charge in [-0.3, -0.25) is 0 Å². The van der Waals surface area contributed by atoms with Crippen molar-refractivity contribution in [1.29, 1.82) is 0 Å². The lowest BCUT2D eigenvalue weighted by Crippen LogP contribution is -2.20. The van der Waals surface area contributed by atoms with Gasteiger partial charge in [-0.25, -0.2) is 0 Å². The standard InChI is InChI=1S/C13H12BrCl2NO/c14-6-11-13(8-4-5-8)18-7-17(11)12-9(15)2-1-3-10(12)16/h1-3,8H,4-7H2. The molecule has 1 aliphatic carbocycles. The van der Waals surface area contributed by atoms with Crippen LogP contribution in [0.3, 0.4) is 0 Å². The second-order valence-electron chi connectivity index (χ2n) is 4.49. The first kappa shape index (κ1) is 12.6. The minimum absolute atomic E-state index is 0.496. The highest BCUT2D eigenvalue weighted by molar-refractivity contribution is 9.09. The molecule has 0 aromatic heterocycles. The number of anilines is 1. The molecule has 18 heavy (non-hydrogen) atoms. The molecule has 1 saturated carbocycles. The second-order valence-corrected chi connectivity index (χ2v) is 5.87. The zero-order valence-electron chi connectivity index (χ0n) is 9.63. The zero-order valence-corrected chi connectivity index (χ0v) is 12.7. The zero-order chi connectivity index (χ0) is 12.7. The van der Waals surface area contributed by atoms with Crippen molar-refractivity contribution in [2.75, 3.05) is 17.0 Å². The van der Waals surface area contributed by atoms with Crippen molar-refractivity contribution in [3.8, 4) is 0 Å². The number of hydrogen-bond donors (Lipinski definition) is 0. The number of alkyl halides is 1. The number of halogens is 3. The van der Waals surface area contributed by atoms with E-state index >= 15 is 0 Å².